The van der Waals surface area contributed by atoms with Gasteiger partial charge in [0.1, 0.15) is 135 Å². The molecule has 0 aromatic rings. The van der Waals surface area contributed by atoms with Crippen LogP contribution in [0.3, 0.4) is 0 Å². The Labute approximate surface area is 849 Å². The van der Waals surface area contributed by atoms with Gasteiger partial charge in [-0.05, 0) is 128 Å². The Balaban J connectivity index is 0.835. The summed E-state index contributed by atoms with van der Waals surface area (Å²) in [5, 5.41) is 195. The predicted molar refractivity (Wildman–Crippen MR) is 501 cm³/mol. The average molecular weight is 2090 g/mol. The quantitative estimate of drug-likeness (QED) is 0.0236. The minimum absolute atomic E-state index is 0.102. The molecule has 9 aliphatic heterocycles. The molecule has 145 heavy (non-hydrogen) atoms. The molecular formula is C100H172O45. The van der Waals surface area contributed by atoms with Crippen LogP contribution in [0.2, 0.25) is 0 Å². The van der Waals surface area contributed by atoms with Gasteiger partial charge in [0.25, 0.3) is 0 Å². The van der Waals surface area contributed by atoms with Gasteiger partial charge in [0.15, 0.2) is 80.8 Å². The summed E-state index contributed by atoms with van der Waals surface area (Å²) in [6, 6.07) is 0. The predicted octanol–water partition coefficient (Wildman–Crippen LogP) is 2.07. The fraction of sp³-hybridized carbons (Fsp3) is 0.940. The second-order valence-electron chi connectivity index (χ2n) is 41.2. The third-order valence-electron chi connectivity index (χ3n) is 29.5. The lowest BCUT2D eigenvalue weighted by Gasteiger charge is -2.50. The lowest BCUT2D eigenvalue weighted by Crippen LogP contribution is -2.68. The second-order valence-corrected chi connectivity index (χ2v) is 41.2. The van der Waals surface area contributed by atoms with Crippen LogP contribution in [0, 0.1) is 23.7 Å². The van der Waals surface area contributed by atoms with Crippen molar-refractivity contribution < 1.29 is 220 Å². The molecule has 0 aliphatic carbocycles. The molecule has 0 amide bonds. The summed E-state index contributed by atoms with van der Waals surface area (Å²) >= 11 is 0. The van der Waals surface area contributed by atoms with Crippen molar-refractivity contribution in [2.75, 3.05) is 13.2 Å². The number of esters is 6. The van der Waals surface area contributed by atoms with Gasteiger partial charge in [0.2, 0.25) is 0 Å². The highest BCUT2D eigenvalue weighted by Crippen LogP contribution is 2.43. The Morgan fingerprint density at radius 1 is 0.352 bits per heavy atom. The molecule has 842 valence electrons. The number of carbonyl (C=O) groups is 6. The van der Waals surface area contributed by atoms with E-state index in [0.717, 1.165) is 77.0 Å². The first kappa shape index (κ1) is 124. The Kier molecular flexibility index (Phi) is 51.2. The van der Waals surface area contributed by atoms with Crippen molar-refractivity contribution in [3.8, 4) is 0 Å². The Morgan fingerprint density at radius 2 is 0.779 bits per heavy atom. The van der Waals surface area contributed by atoms with Gasteiger partial charge in [0.05, 0.1) is 97.4 Å². The Hall–Kier alpha value is -4.50. The van der Waals surface area contributed by atoms with Gasteiger partial charge >= 0.3 is 35.8 Å². The summed E-state index contributed by atoms with van der Waals surface area (Å²) in [4.78, 5) is 82.3. The topological polar surface area (TPSA) is 649 Å². The van der Waals surface area contributed by atoms with Crippen molar-refractivity contribution in [3.63, 3.8) is 0 Å². The summed E-state index contributed by atoms with van der Waals surface area (Å²) in [6.07, 6.45) is -56.2. The molecule has 0 aromatic carbocycles. The summed E-state index contributed by atoms with van der Waals surface area (Å²) in [5.41, 5.74) is 0. The molecule has 9 rings (SSSR count). The molecule has 45 nitrogen and oxygen atoms in total. The molecular weight excluding hydrogens is 1920 g/mol. The standard InChI is InChI=1S/C100H172O45/c1-17-20-32-38-59(131-95-82(69(111)65(107)53(11)125-95)143-98-84(71(113)67(109)61(44-101)133-98)142-97-86(138-91(122)48(6)51(9)103)77(119)80(57(15)129-97)140-93-76(118)74(116)79(56(14)128-93)137-89(120)46(4)19-3)40-34-28-24-22-26-30-36-42-63(105)135-78-55(13)127-94(75(117)73(78)115)141-81-58(16)130-100-88(139-92(123)49(7)52(10)104)87(81)136-64(106)43-37-31-27-23-25-29-35-41-60(39-33-21-18-2)132-96-83(70(112)66(108)54(12)126-96)144-99-85(145-100)72(114)68(110)62(134-99)45-124-90(121)47(5)50(8)102/h46-62,65-88,93-104,107-119H,17-45H2,1-16H3. The monoisotopic (exact) mass is 2090 g/mol. The van der Waals surface area contributed by atoms with E-state index in [4.69, 9.17) is 104 Å². The van der Waals surface area contributed by atoms with Crippen molar-refractivity contribution >= 4 is 35.8 Å². The molecule has 49 atom stereocenters. The number of aliphatic hydroxyl groups is 17. The molecule has 2 bridgehead atoms. The number of carbonyl (C=O) groups excluding carboxylic acids is 6. The van der Waals surface area contributed by atoms with Crippen LogP contribution in [0.5, 0.6) is 0 Å². The molecule has 9 aliphatic rings. The largest absolute Gasteiger partial charge is 0.463 e. The maximum atomic E-state index is 14.5. The van der Waals surface area contributed by atoms with Gasteiger partial charge in [-0.25, -0.2) is 0 Å². The molecule has 0 spiro atoms. The van der Waals surface area contributed by atoms with Crippen LogP contribution in [0.15, 0.2) is 0 Å². The number of aliphatic hydroxyl groups excluding tert-OH is 17. The molecule has 0 aromatic heterocycles. The van der Waals surface area contributed by atoms with E-state index in [2.05, 4.69) is 6.92 Å². The fourth-order valence-electron chi connectivity index (χ4n) is 19.0. The third-order valence-corrected chi connectivity index (χ3v) is 29.5. The van der Waals surface area contributed by atoms with Gasteiger partial charge < -0.3 is 191 Å². The molecule has 49 unspecified atom stereocenters. The van der Waals surface area contributed by atoms with Gasteiger partial charge in [-0.2, -0.15) is 0 Å². The van der Waals surface area contributed by atoms with E-state index in [-0.39, 0.29) is 12.8 Å². The lowest BCUT2D eigenvalue weighted by molar-refractivity contribution is -0.399. The summed E-state index contributed by atoms with van der Waals surface area (Å²) in [5.74, 6) is -9.43. The summed E-state index contributed by atoms with van der Waals surface area (Å²) in [7, 11) is 0. The molecule has 9 saturated heterocycles. The fourth-order valence-corrected chi connectivity index (χ4v) is 19.0. The molecule has 17 N–H and O–H groups in total. The van der Waals surface area contributed by atoms with Crippen LogP contribution in [-0.2, 0) is 133 Å². The van der Waals surface area contributed by atoms with Gasteiger partial charge in [0, 0.05) is 12.8 Å². The van der Waals surface area contributed by atoms with Crippen LogP contribution in [0.4, 0.5) is 0 Å². The van der Waals surface area contributed by atoms with Crippen molar-refractivity contribution in [1.82, 2.24) is 0 Å². The minimum Gasteiger partial charge on any atom is -0.463 e. The number of hydrogen-bond acceptors (Lipinski definition) is 45. The third kappa shape index (κ3) is 34.0. The zero-order valence-electron chi connectivity index (χ0n) is 86.8. The van der Waals surface area contributed by atoms with Crippen LogP contribution in [-0.4, -0.2) is 412 Å². The van der Waals surface area contributed by atoms with Crippen LogP contribution in [0.25, 0.3) is 0 Å². The number of fused-ring (bicyclic) bond motifs is 4. The van der Waals surface area contributed by atoms with Crippen molar-refractivity contribution in [1.29, 1.82) is 0 Å². The van der Waals surface area contributed by atoms with E-state index in [1.54, 1.807) is 13.8 Å². The zero-order chi connectivity index (χ0) is 107. The van der Waals surface area contributed by atoms with E-state index in [1.165, 1.54) is 83.1 Å². The first-order valence-electron chi connectivity index (χ1n) is 52.9. The summed E-state index contributed by atoms with van der Waals surface area (Å²) < 4.78 is 137. The van der Waals surface area contributed by atoms with Crippen LogP contribution in [0.1, 0.15) is 284 Å². The highest BCUT2D eigenvalue weighted by atomic mass is 16.8. The Bertz CT molecular complexity index is 3780. The number of ether oxygens (including phenoxy) is 22. The van der Waals surface area contributed by atoms with Gasteiger partial charge in [-0.3, -0.25) is 28.8 Å². The molecule has 9 heterocycles. The molecule has 0 saturated carbocycles. The number of rotatable bonds is 43. The van der Waals surface area contributed by atoms with E-state index >= 15 is 0 Å². The van der Waals surface area contributed by atoms with Crippen molar-refractivity contribution in [2.24, 2.45) is 23.7 Å². The number of unbranched alkanes of at least 4 members (excludes halogenated alkanes) is 10. The minimum atomic E-state index is -2.13. The highest BCUT2D eigenvalue weighted by Gasteiger charge is 2.62. The normalized spacial score (nSPS) is 40.9. The first-order chi connectivity index (χ1) is 68.8. The van der Waals surface area contributed by atoms with E-state index in [0.29, 0.717) is 83.5 Å². The first-order valence-corrected chi connectivity index (χ1v) is 52.9. The van der Waals surface area contributed by atoms with E-state index in [1.807, 2.05) is 6.92 Å². The zero-order valence-corrected chi connectivity index (χ0v) is 86.8. The molecule has 45 heteroatoms. The van der Waals surface area contributed by atoms with E-state index < -0.39 is 349 Å². The lowest BCUT2D eigenvalue weighted by atomic mass is 9.95. The van der Waals surface area contributed by atoms with Crippen LogP contribution >= 0.6 is 0 Å². The number of hydrogen-bond donors (Lipinski definition) is 17. The maximum absolute atomic E-state index is 14.5. The van der Waals surface area contributed by atoms with Gasteiger partial charge in [-0.15, -0.1) is 0 Å². The van der Waals surface area contributed by atoms with Gasteiger partial charge in [-0.1, -0.05) is 143 Å². The highest BCUT2D eigenvalue weighted by molar-refractivity contribution is 5.74. The van der Waals surface area contributed by atoms with Crippen LogP contribution < -0.4 is 0 Å². The van der Waals surface area contributed by atoms with Crippen molar-refractivity contribution in [2.45, 2.75) is 560 Å². The maximum Gasteiger partial charge on any atom is 0.311 e. The van der Waals surface area contributed by atoms with Crippen molar-refractivity contribution in [3.05, 3.63) is 0 Å². The summed E-state index contributed by atoms with van der Waals surface area (Å²) in [6.45, 7) is 22.7. The SMILES string of the molecule is CCCCCC(CCCCCCCCCC(=O)OC1C(C)OC(OC2C(C)OC3OC4C(OC(COC(=O)C(C)C(C)O)C(O)C4O)OC4C(OC(CCCCC)CCCCCCCCCC(=O)OC2C3OC(=O)C(C)C(C)O)OC(C)C(O)C4O)C(O)C1O)OC1OC(C)C(O)C(O)C1OC1OC(CO)C(O)C(O)C1OC1OC(C)C(OC2OC(C)C(OC(=O)C(C)CC)C(O)C2O)C(O)C1OC(=O)C(C)C(C)O. The smallest absolute Gasteiger partial charge is 0.311 e. The second kappa shape index (κ2) is 59.8. The molecule has 9 fully saturated rings. The average Bonchev–Trinajstić information content (AvgIpc) is 0.768. The Morgan fingerprint density at radius 3 is 1.37 bits per heavy atom. The van der Waals surface area contributed by atoms with E-state index in [9.17, 15) is 116 Å². The molecule has 0 radical (unpaired) electrons.